The van der Waals surface area contributed by atoms with Gasteiger partial charge in [-0.05, 0) is 31.0 Å². The zero-order valence-electron chi connectivity index (χ0n) is 17.2. The van der Waals surface area contributed by atoms with Crippen molar-refractivity contribution in [3.8, 4) is 17.1 Å². The third-order valence-electron chi connectivity index (χ3n) is 5.89. The minimum Gasteiger partial charge on any atom is -0.378 e. The van der Waals surface area contributed by atoms with Gasteiger partial charge in [-0.2, -0.15) is 14.7 Å². The highest BCUT2D eigenvalue weighted by Crippen LogP contribution is 2.31. The third-order valence-corrected chi connectivity index (χ3v) is 5.89. The summed E-state index contributed by atoms with van der Waals surface area (Å²) < 4.78 is 15.3. The molecule has 1 aromatic carbocycles. The van der Waals surface area contributed by atoms with Crippen molar-refractivity contribution in [1.29, 1.82) is 0 Å². The maximum absolute atomic E-state index is 5.87. The molecule has 0 amide bonds. The lowest BCUT2D eigenvalue weighted by Gasteiger charge is -2.29. The average Bonchev–Trinajstić information content (AvgIpc) is 3.60. The summed E-state index contributed by atoms with van der Waals surface area (Å²) >= 11 is 0. The van der Waals surface area contributed by atoms with Crippen molar-refractivity contribution in [3.63, 3.8) is 0 Å². The molecule has 8 heteroatoms. The molecule has 0 spiro atoms. The second-order valence-electron chi connectivity index (χ2n) is 7.92. The summed E-state index contributed by atoms with van der Waals surface area (Å²) in [6.07, 6.45) is 4.11. The fraction of sp³-hybridized carbons (Fsp3) is 0.348. The number of morpholine rings is 1. The summed E-state index contributed by atoms with van der Waals surface area (Å²) in [6.45, 7) is 3.87. The van der Waals surface area contributed by atoms with Gasteiger partial charge in [0, 0.05) is 38.0 Å². The molecule has 8 nitrogen and oxygen atoms in total. The van der Waals surface area contributed by atoms with Crippen LogP contribution in [0.1, 0.15) is 24.6 Å². The lowest BCUT2D eigenvalue weighted by molar-refractivity contribution is 0.108. The van der Waals surface area contributed by atoms with E-state index in [9.17, 15) is 0 Å². The number of rotatable bonds is 4. The normalized spacial score (nSPS) is 19.4. The zero-order valence-corrected chi connectivity index (χ0v) is 17.2. The van der Waals surface area contributed by atoms with E-state index < -0.39 is 0 Å². The minimum absolute atomic E-state index is 0.0555. The molecule has 0 radical (unpaired) electrons. The van der Waals surface area contributed by atoms with Gasteiger partial charge in [0.05, 0.1) is 30.3 Å². The molecule has 0 aliphatic carbocycles. The summed E-state index contributed by atoms with van der Waals surface area (Å²) in [4.78, 5) is 7.22. The highest BCUT2D eigenvalue weighted by Gasteiger charge is 2.24. The number of ether oxygens (including phenoxy) is 2. The van der Waals surface area contributed by atoms with E-state index >= 15 is 0 Å². The summed E-state index contributed by atoms with van der Waals surface area (Å²) in [5.41, 5.74) is 4.46. The van der Waals surface area contributed by atoms with Crippen LogP contribution in [0.4, 0.5) is 5.82 Å². The Labute approximate surface area is 180 Å². The van der Waals surface area contributed by atoms with E-state index in [2.05, 4.69) is 17.0 Å². The van der Waals surface area contributed by atoms with Crippen molar-refractivity contribution in [2.24, 2.45) is 0 Å². The second kappa shape index (κ2) is 7.79. The molecule has 4 aromatic rings. The van der Waals surface area contributed by atoms with Gasteiger partial charge < -0.3 is 14.4 Å². The van der Waals surface area contributed by atoms with Crippen LogP contribution >= 0.6 is 0 Å². The fourth-order valence-electron chi connectivity index (χ4n) is 4.28. The quantitative estimate of drug-likeness (QED) is 0.509. The van der Waals surface area contributed by atoms with Gasteiger partial charge >= 0.3 is 0 Å². The van der Waals surface area contributed by atoms with Crippen molar-refractivity contribution in [2.45, 2.75) is 18.9 Å². The van der Waals surface area contributed by atoms with Gasteiger partial charge in [-0.15, -0.1) is 0 Å². The smallest absolute Gasteiger partial charge is 0.158 e. The van der Waals surface area contributed by atoms with Gasteiger partial charge in [0.15, 0.2) is 5.65 Å². The Morgan fingerprint density at radius 1 is 0.903 bits per heavy atom. The standard InChI is InChI=1S/C23H24N6O2/c1-2-5-17(6-3-1)28-9-8-18(25-28)19-16-23(27-10-13-30-14-11-27)29-22(24-19)15-20(26-29)21-7-4-12-31-21/h1-3,5-6,8-9,15-16,21H,4,7,10-14H2. The molecule has 2 saturated heterocycles. The van der Waals surface area contributed by atoms with E-state index in [1.807, 2.05) is 51.8 Å². The van der Waals surface area contributed by atoms with E-state index in [0.29, 0.717) is 13.2 Å². The van der Waals surface area contributed by atoms with Crippen molar-refractivity contribution in [3.05, 3.63) is 60.4 Å². The molecule has 158 valence electrons. The van der Waals surface area contributed by atoms with Crippen LogP contribution in [0.2, 0.25) is 0 Å². The number of hydrogen-bond donors (Lipinski definition) is 0. The maximum atomic E-state index is 5.87. The zero-order chi connectivity index (χ0) is 20.6. The van der Waals surface area contributed by atoms with Crippen LogP contribution in [-0.4, -0.2) is 57.3 Å². The molecule has 0 bridgehead atoms. The predicted octanol–water partition coefficient (Wildman–Crippen LogP) is 3.27. The summed E-state index contributed by atoms with van der Waals surface area (Å²) in [7, 11) is 0. The highest BCUT2D eigenvalue weighted by atomic mass is 16.5. The SMILES string of the molecule is c1ccc(-n2ccc(-c3cc(N4CCOCC4)n4nc(C5CCCO5)cc4n3)n2)cc1. The molecule has 31 heavy (non-hydrogen) atoms. The number of hydrogen-bond acceptors (Lipinski definition) is 6. The molecular formula is C23H24N6O2. The van der Waals surface area contributed by atoms with Crippen LogP contribution in [0.5, 0.6) is 0 Å². The van der Waals surface area contributed by atoms with E-state index in [1.54, 1.807) is 0 Å². The molecule has 3 aromatic heterocycles. The Morgan fingerprint density at radius 3 is 2.58 bits per heavy atom. The lowest BCUT2D eigenvalue weighted by atomic mass is 10.2. The second-order valence-corrected chi connectivity index (χ2v) is 7.92. The Balaban J connectivity index is 1.44. The Kier molecular flexibility index (Phi) is 4.66. The monoisotopic (exact) mass is 416 g/mol. The molecule has 2 aliphatic rings. The first kappa shape index (κ1) is 18.5. The van der Waals surface area contributed by atoms with Gasteiger partial charge in [0.25, 0.3) is 0 Å². The summed E-state index contributed by atoms with van der Waals surface area (Å²) in [5, 5.41) is 9.66. The van der Waals surface area contributed by atoms with Crippen LogP contribution in [-0.2, 0) is 9.47 Å². The number of fused-ring (bicyclic) bond motifs is 1. The van der Waals surface area contributed by atoms with Crippen LogP contribution < -0.4 is 4.90 Å². The fourth-order valence-corrected chi connectivity index (χ4v) is 4.28. The molecule has 1 atom stereocenters. The number of benzene rings is 1. The van der Waals surface area contributed by atoms with E-state index in [4.69, 9.17) is 24.7 Å². The van der Waals surface area contributed by atoms with Crippen LogP contribution in [0.25, 0.3) is 22.7 Å². The molecular weight excluding hydrogens is 392 g/mol. The minimum atomic E-state index is 0.0555. The lowest BCUT2D eigenvalue weighted by Crippen LogP contribution is -2.37. The molecule has 0 N–H and O–H groups in total. The third kappa shape index (κ3) is 3.47. The number of aromatic nitrogens is 5. The first-order valence-corrected chi connectivity index (χ1v) is 10.8. The molecule has 1 unspecified atom stereocenters. The van der Waals surface area contributed by atoms with Gasteiger partial charge in [-0.25, -0.2) is 9.67 Å². The van der Waals surface area contributed by atoms with Crippen molar-refractivity contribution in [1.82, 2.24) is 24.4 Å². The Bertz CT molecular complexity index is 1190. The predicted molar refractivity (Wildman–Crippen MR) is 117 cm³/mol. The number of para-hydroxylation sites is 1. The first-order chi connectivity index (χ1) is 15.3. The van der Waals surface area contributed by atoms with Gasteiger partial charge in [0.1, 0.15) is 17.6 Å². The Hall–Kier alpha value is -3.23. The van der Waals surface area contributed by atoms with Crippen LogP contribution in [0.15, 0.2) is 54.7 Å². The van der Waals surface area contributed by atoms with E-state index in [0.717, 1.165) is 66.8 Å². The first-order valence-electron chi connectivity index (χ1n) is 10.8. The summed E-state index contributed by atoms with van der Waals surface area (Å²) in [6, 6.07) is 16.2. The largest absolute Gasteiger partial charge is 0.378 e. The number of anilines is 1. The number of nitrogens with zero attached hydrogens (tertiary/aromatic N) is 6. The van der Waals surface area contributed by atoms with Crippen molar-refractivity contribution < 1.29 is 9.47 Å². The Morgan fingerprint density at radius 2 is 1.77 bits per heavy atom. The van der Waals surface area contributed by atoms with Crippen LogP contribution in [0.3, 0.4) is 0 Å². The van der Waals surface area contributed by atoms with Gasteiger partial charge in [-0.3, -0.25) is 0 Å². The van der Waals surface area contributed by atoms with Gasteiger partial charge in [-0.1, -0.05) is 18.2 Å². The molecule has 2 aliphatic heterocycles. The van der Waals surface area contributed by atoms with E-state index in [-0.39, 0.29) is 6.10 Å². The molecule has 0 saturated carbocycles. The van der Waals surface area contributed by atoms with Crippen molar-refractivity contribution >= 4 is 11.5 Å². The van der Waals surface area contributed by atoms with Crippen molar-refractivity contribution in [2.75, 3.05) is 37.8 Å². The van der Waals surface area contributed by atoms with Gasteiger partial charge in [0.2, 0.25) is 0 Å². The molecule has 6 rings (SSSR count). The van der Waals surface area contributed by atoms with Crippen LogP contribution in [0, 0.1) is 0 Å². The average molecular weight is 416 g/mol. The van der Waals surface area contributed by atoms with E-state index in [1.165, 1.54) is 0 Å². The topological polar surface area (TPSA) is 69.7 Å². The molecule has 2 fully saturated rings. The highest BCUT2D eigenvalue weighted by molar-refractivity contribution is 5.65. The maximum Gasteiger partial charge on any atom is 0.158 e. The summed E-state index contributed by atoms with van der Waals surface area (Å²) in [5.74, 6) is 1.02. The molecule has 5 heterocycles.